The Balaban J connectivity index is 2.44. The highest BCUT2D eigenvalue weighted by Gasteiger charge is 2.23. The van der Waals surface area contributed by atoms with Crippen molar-refractivity contribution in [3.8, 4) is 5.75 Å². The second-order valence-corrected chi connectivity index (χ2v) is 2.72. The lowest BCUT2D eigenvalue weighted by atomic mass is 10.1. The number of hydrogen-bond acceptors (Lipinski definition) is 4. The predicted molar refractivity (Wildman–Crippen MR) is 45.0 cm³/mol. The van der Waals surface area contributed by atoms with E-state index < -0.39 is 5.97 Å². The molecular formula is C9H7NO3. The maximum absolute atomic E-state index is 11.1. The molecule has 0 aliphatic carbocycles. The summed E-state index contributed by atoms with van der Waals surface area (Å²) in [7, 11) is 0. The molecule has 1 aromatic carbocycles. The molecule has 4 heteroatoms. The standard InChI is InChI=1S/C9H7NO3/c11-9-7(10-12)5-6-3-1-2-4-8(6)13-9/h1-4,12H,5H2/b10-7-. The Morgan fingerprint density at radius 2 is 2.15 bits per heavy atom. The summed E-state index contributed by atoms with van der Waals surface area (Å²) in [4.78, 5) is 11.1. The topological polar surface area (TPSA) is 58.9 Å². The number of para-hydroxylation sites is 1. The van der Waals surface area contributed by atoms with Crippen LogP contribution in [0.1, 0.15) is 5.56 Å². The molecule has 0 saturated heterocycles. The molecule has 0 atom stereocenters. The molecule has 13 heavy (non-hydrogen) atoms. The van der Waals surface area contributed by atoms with Gasteiger partial charge < -0.3 is 9.94 Å². The van der Waals surface area contributed by atoms with Crippen LogP contribution in [0.4, 0.5) is 0 Å². The van der Waals surface area contributed by atoms with E-state index in [0.29, 0.717) is 12.2 Å². The van der Waals surface area contributed by atoms with Crippen LogP contribution in [0.5, 0.6) is 5.75 Å². The number of carbonyl (C=O) groups excluding carboxylic acids is 1. The molecule has 0 radical (unpaired) electrons. The fraction of sp³-hybridized carbons (Fsp3) is 0.111. The average Bonchev–Trinajstić information content (AvgIpc) is 2.17. The molecule has 1 aliphatic rings. The Bertz CT molecular complexity index is 384. The van der Waals surface area contributed by atoms with Crippen molar-refractivity contribution < 1.29 is 14.7 Å². The first-order valence-electron chi connectivity index (χ1n) is 3.82. The van der Waals surface area contributed by atoms with E-state index in [4.69, 9.17) is 9.94 Å². The third-order valence-corrected chi connectivity index (χ3v) is 1.89. The quantitative estimate of drug-likeness (QED) is 0.278. The van der Waals surface area contributed by atoms with E-state index in [1.165, 1.54) is 0 Å². The Hall–Kier alpha value is -1.84. The van der Waals surface area contributed by atoms with Gasteiger partial charge in [-0.15, -0.1) is 0 Å². The summed E-state index contributed by atoms with van der Waals surface area (Å²) in [6, 6.07) is 7.16. The number of carbonyl (C=O) groups is 1. The third-order valence-electron chi connectivity index (χ3n) is 1.89. The maximum Gasteiger partial charge on any atom is 0.361 e. The zero-order valence-electron chi connectivity index (χ0n) is 6.73. The van der Waals surface area contributed by atoms with Crippen molar-refractivity contribution >= 4 is 11.7 Å². The van der Waals surface area contributed by atoms with Gasteiger partial charge in [0, 0.05) is 12.0 Å². The van der Waals surface area contributed by atoms with Crippen LogP contribution >= 0.6 is 0 Å². The molecule has 0 bridgehead atoms. The van der Waals surface area contributed by atoms with Crippen molar-refractivity contribution in [2.24, 2.45) is 5.16 Å². The molecule has 0 saturated carbocycles. The summed E-state index contributed by atoms with van der Waals surface area (Å²) in [6.07, 6.45) is 0.325. The first-order valence-corrected chi connectivity index (χ1v) is 3.82. The van der Waals surface area contributed by atoms with Gasteiger partial charge in [-0.1, -0.05) is 23.4 Å². The van der Waals surface area contributed by atoms with Crippen molar-refractivity contribution in [1.82, 2.24) is 0 Å². The number of oxime groups is 1. The Kier molecular flexibility index (Phi) is 1.73. The van der Waals surface area contributed by atoms with Gasteiger partial charge in [0.15, 0.2) is 5.71 Å². The monoisotopic (exact) mass is 177 g/mol. The number of hydrogen-bond donors (Lipinski definition) is 1. The molecule has 0 amide bonds. The van der Waals surface area contributed by atoms with E-state index in [1.807, 2.05) is 12.1 Å². The molecule has 66 valence electrons. The fourth-order valence-corrected chi connectivity index (χ4v) is 1.24. The van der Waals surface area contributed by atoms with Crippen molar-refractivity contribution in [1.29, 1.82) is 0 Å². The molecule has 1 aliphatic heterocycles. The van der Waals surface area contributed by atoms with E-state index in [2.05, 4.69) is 5.16 Å². The molecule has 0 unspecified atom stereocenters. The van der Waals surface area contributed by atoms with Gasteiger partial charge in [-0.3, -0.25) is 0 Å². The average molecular weight is 177 g/mol. The molecule has 0 aromatic heterocycles. The van der Waals surface area contributed by atoms with Gasteiger partial charge >= 0.3 is 5.97 Å². The van der Waals surface area contributed by atoms with Crippen LogP contribution in [-0.2, 0) is 11.2 Å². The highest BCUT2D eigenvalue weighted by atomic mass is 16.5. The van der Waals surface area contributed by atoms with Crippen molar-refractivity contribution in [3.63, 3.8) is 0 Å². The van der Waals surface area contributed by atoms with Crippen molar-refractivity contribution in [3.05, 3.63) is 29.8 Å². The number of benzene rings is 1. The van der Waals surface area contributed by atoms with Crippen LogP contribution in [0.2, 0.25) is 0 Å². The lowest BCUT2D eigenvalue weighted by molar-refractivity contribution is -0.127. The minimum absolute atomic E-state index is 0.0405. The van der Waals surface area contributed by atoms with Crippen molar-refractivity contribution in [2.45, 2.75) is 6.42 Å². The molecular weight excluding hydrogens is 170 g/mol. The smallest absolute Gasteiger partial charge is 0.361 e. The predicted octanol–water partition coefficient (Wildman–Crippen LogP) is 0.978. The minimum Gasteiger partial charge on any atom is -0.422 e. The summed E-state index contributed by atoms with van der Waals surface area (Å²) >= 11 is 0. The fourth-order valence-electron chi connectivity index (χ4n) is 1.24. The van der Waals surface area contributed by atoms with Crippen LogP contribution in [0.15, 0.2) is 29.4 Å². The molecule has 2 rings (SSSR count). The number of ether oxygens (including phenoxy) is 1. The number of nitrogens with zero attached hydrogens (tertiary/aromatic N) is 1. The summed E-state index contributed by atoms with van der Waals surface area (Å²) in [5.41, 5.74) is 0.897. The summed E-state index contributed by atoms with van der Waals surface area (Å²) in [6.45, 7) is 0. The van der Waals surface area contributed by atoms with Crippen LogP contribution < -0.4 is 4.74 Å². The molecule has 1 N–H and O–H groups in total. The lowest BCUT2D eigenvalue weighted by Crippen LogP contribution is -2.27. The SMILES string of the molecule is O=C1Oc2ccccc2C/C1=N/O. The molecule has 0 fully saturated rings. The van der Waals surface area contributed by atoms with Crippen LogP contribution in [0.3, 0.4) is 0 Å². The molecule has 1 heterocycles. The second-order valence-electron chi connectivity index (χ2n) is 2.72. The van der Waals surface area contributed by atoms with Crippen LogP contribution in [0, 0.1) is 0 Å². The maximum atomic E-state index is 11.1. The Morgan fingerprint density at radius 3 is 2.92 bits per heavy atom. The van der Waals surface area contributed by atoms with Gasteiger partial charge in [0.2, 0.25) is 0 Å². The van der Waals surface area contributed by atoms with Gasteiger partial charge in [-0.05, 0) is 6.07 Å². The first kappa shape index (κ1) is 7.79. The molecule has 4 nitrogen and oxygen atoms in total. The summed E-state index contributed by atoms with van der Waals surface area (Å²) < 4.78 is 4.91. The highest BCUT2D eigenvalue weighted by Crippen LogP contribution is 2.23. The van der Waals surface area contributed by atoms with E-state index >= 15 is 0 Å². The van der Waals surface area contributed by atoms with E-state index in [1.54, 1.807) is 12.1 Å². The largest absolute Gasteiger partial charge is 0.422 e. The van der Waals surface area contributed by atoms with Gasteiger partial charge in [0.25, 0.3) is 0 Å². The van der Waals surface area contributed by atoms with Gasteiger partial charge in [-0.25, -0.2) is 4.79 Å². The molecule has 0 spiro atoms. The van der Waals surface area contributed by atoms with Crippen LogP contribution in [-0.4, -0.2) is 16.9 Å². The zero-order valence-corrected chi connectivity index (χ0v) is 6.73. The molecule has 1 aromatic rings. The normalized spacial score (nSPS) is 18.2. The summed E-state index contributed by atoms with van der Waals surface area (Å²) in [5, 5.41) is 11.3. The lowest BCUT2D eigenvalue weighted by Gasteiger charge is -2.14. The van der Waals surface area contributed by atoms with E-state index in [0.717, 1.165) is 5.56 Å². The zero-order chi connectivity index (χ0) is 9.26. The van der Waals surface area contributed by atoms with E-state index in [-0.39, 0.29) is 5.71 Å². The number of fused-ring (bicyclic) bond motifs is 1. The van der Waals surface area contributed by atoms with Gasteiger partial charge in [0.1, 0.15) is 5.75 Å². The highest BCUT2D eigenvalue weighted by molar-refractivity contribution is 6.38. The second kappa shape index (κ2) is 2.90. The first-order chi connectivity index (χ1) is 6.31. The number of esters is 1. The van der Waals surface area contributed by atoms with Crippen LogP contribution in [0.25, 0.3) is 0 Å². The summed E-state index contributed by atoms with van der Waals surface area (Å²) in [5.74, 6) is -0.0406. The third kappa shape index (κ3) is 1.26. The van der Waals surface area contributed by atoms with E-state index in [9.17, 15) is 4.79 Å². The minimum atomic E-state index is -0.582. The number of rotatable bonds is 0. The van der Waals surface area contributed by atoms with Gasteiger partial charge in [0.05, 0.1) is 0 Å². The Morgan fingerprint density at radius 1 is 1.38 bits per heavy atom. The van der Waals surface area contributed by atoms with Gasteiger partial charge in [-0.2, -0.15) is 0 Å². The van der Waals surface area contributed by atoms with Crippen molar-refractivity contribution in [2.75, 3.05) is 0 Å². The Labute approximate surface area is 74.4 Å².